The lowest BCUT2D eigenvalue weighted by molar-refractivity contribution is -0.147. The number of halogens is 4. The van der Waals surface area contributed by atoms with Gasteiger partial charge in [-0.1, -0.05) is 11.6 Å². The number of benzene rings is 1. The van der Waals surface area contributed by atoms with E-state index in [9.17, 15) is 22.8 Å². The molecule has 1 aliphatic rings. The zero-order valence-electron chi connectivity index (χ0n) is 13.5. The number of nitrogens with one attached hydrogen (secondary N) is 1. The van der Waals surface area contributed by atoms with E-state index >= 15 is 0 Å². The SMILES string of the molecule is COC(=O)C1CCN(CC(=O)Nc2ccc(Cl)c(C(F)(F)F)c2)CC1. The van der Waals surface area contributed by atoms with E-state index in [0.29, 0.717) is 25.9 Å². The van der Waals surface area contributed by atoms with Crippen molar-refractivity contribution in [1.29, 1.82) is 0 Å². The number of anilines is 1. The number of nitrogens with zero attached hydrogens (tertiary/aromatic N) is 1. The summed E-state index contributed by atoms with van der Waals surface area (Å²) in [5, 5.41) is 2.02. The molecule has 0 unspecified atom stereocenters. The molecule has 9 heteroatoms. The van der Waals surface area contributed by atoms with Gasteiger partial charge in [0.25, 0.3) is 0 Å². The van der Waals surface area contributed by atoms with Crippen LogP contribution in [0.1, 0.15) is 18.4 Å². The number of rotatable bonds is 4. The quantitative estimate of drug-likeness (QED) is 0.817. The molecule has 2 rings (SSSR count). The van der Waals surface area contributed by atoms with Crippen molar-refractivity contribution >= 4 is 29.2 Å². The maximum absolute atomic E-state index is 12.8. The molecule has 1 aromatic carbocycles. The number of esters is 1. The van der Waals surface area contributed by atoms with Gasteiger partial charge in [0, 0.05) is 5.69 Å². The van der Waals surface area contributed by atoms with Gasteiger partial charge < -0.3 is 10.1 Å². The maximum Gasteiger partial charge on any atom is 0.417 e. The molecule has 0 atom stereocenters. The monoisotopic (exact) mass is 378 g/mol. The van der Waals surface area contributed by atoms with Gasteiger partial charge in [0.2, 0.25) is 5.91 Å². The van der Waals surface area contributed by atoms with Crippen LogP contribution >= 0.6 is 11.6 Å². The molecular weight excluding hydrogens is 361 g/mol. The molecule has 0 radical (unpaired) electrons. The third-order valence-corrected chi connectivity index (χ3v) is 4.37. The third-order valence-electron chi connectivity index (χ3n) is 4.04. The summed E-state index contributed by atoms with van der Waals surface area (Å²) < 4.78 is 43.2. The first-order chi connectivity index (χ1) is 11.7. The Morgan fingerprint density at radius 3 is 2.52 bits per heavy atom. The fourth-order valence-corrected chi connectivity index (χ4v) is 2.94. The van der Waals surface area contributed by atoms with Gasteiger partial charge in [-0.05, 0) is 44.1 Å². The zero-order chi connectivity index (χ0) is 18.6. The molecule has 0 spiro atoms. The minimum atomic E-state index is -4.59. The third kappa shape index (κ3) is 5.34. The Bertz CT molecular complexity index is 644. The number of likely N-dealkylation sites (tertiary alicyclic amines) is 1. The number of hydrogen-bond acceptors (Lipinski definition) is 4. The van der Waals surface area contributed by atoms with Gasteiger partial charge in [-0.25, -0.2) is 0 Å². The Balaban J connectivity index is 1.90. The van der Waals surface area contributed by atoms with Crippen LogP contribution in [0.2, 0.25) is 5.02 Å². The van der Waals surface area contributed by atoms with Crippen molar-refractivity contribution in [2.24, 2.45) is 5.92 Å². The van der Waals surface area contributed by atoms with Crippen molar-refractivity contribution in [2.75, 3.05) is 32.1 Å². The molecule has 138 valence electrons. The van der Waals surface area contributed by atoms with E-state index < -0.39 is 22.7 Å². The molecule has 0 aromatic heterocycles. The fraction of sp³-hybridized carbons (Fsp3) is 0.500. The van der Waals surface area contributed by atoms with Gasteiger partial charge >= 0.3 is 12.1 Å². The standard InChI is InChI=1S/C16H18ClF3N2O3/c1-25-15(24)10-4-6-22(7-5-10)9-14(23)21-11-2-3-13(17)12(8-11)16(18,19)20/h2-3,8,10H,4-7,9H2,1H3,(H,21,23). The first-order valence-corrected chi connectivity index (χ1v) is 8.05. The van der Waals surface area contributed by atoms with E-state index in [1.54, 1.807) is 0 Å². The van der Waals surface area contributed by atoms with Gasteiger partial charge in [-0.2, -0.15) is 13.2 Å². The molecule has 1 aromatic rings. The van der Waals surface area contributed by atoms with E-state index in [2.05, 4.69) is 5.32 Å². The van der Waals surface area contributed by atoms with Crippen LogP contribution in [-0.2, 0) is 20.5 Å². The molecule has 1 heterocycles. The predicted octanol–water partition coefficient (Wildman–Crippen LogP) is 3.18. The van der Waals surface area contributed by atoms with Crippen LogP contribution in [0.15, 0.2) is 18.2 Å². The first kappa shape index (κ1) is 19.5. The molecule has 1 saturated heterocycles. The molecule has 5 nitrogen and oxygen atoms in total. The van der Waals surface area contributed by atoms with Gasteiger partial charge in [0.15, 0.2) is 0 Å². The summed E-state index contributed by atoms with van der Waals surface area (Å²) in [5.41, 5.74) is -0.961. The molecule has 1 aliphatic heterocycles. The maximum atomic E-state index is 12.8. The number of ether oxygens (including phenoxy) is 1. The van der Waals surface area contributed by atoms with Crippen LogP contribution in [-0.4, -0.2) is 43.5 Å². The average molecular weight is 379 g/mol. The average Bonchev–Trinajstić information content (AvgIpc) is 2.55. The minimum absolute atomic E-state index is 0.0335. The van der Waals surface area contributed by atoms with Gasteiger partial charge in [0.05, 0.1) is 30.2 Å². The lowest BCUT2D eigenvalue weighted by Gasteiger charge is -2.29. The van der Waals surface area contributed by atoms with Gasteiger partial charge in [-0.3, -0.25) is 14.5 Å². The summed E-state index contributed by atoms with van der Waals surface area (Å²) in [7, 11) is 1.34. The second-order valence-electron chi connectivity index (χ2n) is 5.81. The minimum Gasteiger partial charge on any atom is -0.469 e. The number of methoxy groups -OCH3 is 1. The fourth-order valence-electron chi connectivity index (χ4n) is 2.72. The van der Waals surface area contributed by atoms with E-state index in [0.717, 1.165) is 12.1 Å². The van der Waals surface area contributed by atoms with E-state index in [-0.39, 0.29) is 24.1 Å². The van der Waals surface area contributed by atoms with Gasteiger partial charge in [-0.15, -0.1) is 0 Å². The van der Waals surface area contributed by atoms with Crippen LogP contribution in [0.4, 0.5) is 18.9 Å². The summed E-state index contributed by atoms with van der Waals surface area (Å²) >= 11 is 5.55. The van der Waals surface area contributed by atoms with Crippen LogP contribution in [0.3, 0.4) is 0 Å². The summed E-state index contributed by atoms with van der Waals surface area (Å²) in [6.07, 6.45) is -3.42. The van der Waals surface area contributed by atoms with Crippen LogP contribution in [0.25, 0.3) is 0 Å². The molecule has 1 amide bonds. The van der Waals surface area contributed by atoms with Crippen LogP contribution in [0.5, 0.6) is 0 Å². The highest BCUT2D eigenvalue weighted by atomic mass is 35.5. The number of hydrogen-bond donors (Lipinski definition) is 1. The lowest BCUT2D eigenvalue weighted by Crippen LogP contribution is -2.41. The topological polar surface area (TPSA) is 58.6 Å². The van der Waals surface area contributed by atoms with Crippen molar-refractivity contribution in [2.45, 2.75) is 19.0 Å². The number of carbonyl (C=O) groups is 2. The number of carbonyl (C=O) groups excluding carboxylic acids is 2. The molecule has 0 bridgehead atoms. The van der Waals surface area contributed by atoms with Gasteiger partial charge in [0.1, 0.15) is 0 Å². The summed E-state index contributed by atoms with van der Waals surface area (Å²) in [5.74, 6) is -0.855. The summed E-state index contributed by atoms with van der Waals surface area (Å²) in [4.78, 5) is 25.3. The predicted molar refractivity (Wildman–Crippen MR) is 86.3 cm³/mol. The normalized spacial score (nSPS) is 16.5. The first-order valence-electron chi connectivity index (χ1n) is 7.67. The lowest BCUT2D eigenvalue weighted by atomic mass is 9.97. The van der Waals surface area contributed by atoms with E-state index in [1.807, 2.05) is 4.90 Å². The van der Waals surface area contributed by atoms with Crippen LogP contribution < -0.4 is 5.32 Å². The second-order valence-corrected chi connectivity index (χ2v) is 6.22. The van der Waals surface area contributed by atoms with Crippen molar-refractivity contribution < 1.29 is 27.5 Å². The Kier molecular flexibility index (Phi) is 6.29. The van der Waals surface area contributed by atoms with Crippen molar-refractivity contribution in [3.05, 3.63) is 28.8 Å². The number of alkyl halides is 3. The summed E-state index contributed by atoms with van der Waals surface area (Å²) in [6.45, 7) is 1.13. The molecule has 1 N–H and O–H groups in total. The van der Waals surface area contributed by atoms with Crippen LogP contribution in [0, 0.1) is 5.92 Å². The van der Waals surface area contributed by atoms with Crippen molar-refractivity contribution in [3.63, 3.8) is 0 Å². The van der Waals surface area contributed by atoms with E-state index in [4.69, 9.17) is 16.3 Å². The Morgan fingerprint density at radius 1 is 1.32 bits per heavy atom. The van der Waals surface area contributed by atoms with E-state index in [1.165, 1.54) is 13.2 Å². The Hall–Kier alpha value is -1.80. The zero-order valence-corrected chi connectivity index (χ0v) is 14.3. The summed E-state index contributed by atoms with van der Waals surface area (Å²) in [6, 6.07) is 3.23. The largest absolute Gasteiger partial charge is 0.469 e. The van der Waals surface area contributed by atoms with Crippen molar-refractivity contribution in [1.82, 2.24) is 4.90 Å². The molecule has 0 saturated carbocycles. The molecule has 1 fully saturated rings. The molecule has 0 aliphatic carbocycles. The number of piperidine rings is 1. The highest BCUT2D eigenvalue weighted by Gasteiger charge is 2.33. The Labute approximate surface area is 148 Å². The smallest absolute Gasteiger partial charge is 0.417 e. The molecule has 25 heavy (non-hydrogen) atoms. The van der Waals surface area contributed by atoms with Crippen molar-refractivity contribution in [3.8, 4) is 0 Å². The number of amides is 1. The second kappa shape index (κ2) is 8.05. The Morgan fingerprint density at radius 2 is 1.96 bits per heavy atom. The molecular formula is C16H18ClF3N2O3. The highest BCUT2D eigenvalue weighted by Crippen LogP contribution is 2.36. The highest BCUT2D eigenvalue weighted by molar-refractivity contribution is 6.31.